The number of amides is 2. The minimum Gasteiger partial charge on any atom is -0.326 e. The minimum atomic E-state index is -0.205. The number of carbonyl (C=O) groups is 2. The molecule has 0 aromatic heterocycles. The van der Waals surface area contributed by atoms with Crippen LogP contribution in [0.1, 0.15) is 38.7 Å². The zero-order valence-corrected chi connectivity index (χ0v) is 16.6. The van der Waals surface area contributed by atoms with E-state index in [0.717, 1.165) is 5.69 Å². The highest BCUT2D eigenvalue weighted by Gasteiger charge is 2.17. The van der Waals surface area contributed by atoms with Crippen LogP contribution in [0, 0.1) is 0 Å². The summed E-state index contributed by atoms with van der Waals surface area (Å²) in [5.74, 6) is 0.0567. The van der Waals surface area contributed by atoms with Gasteiger partial charge in [-0.15, -0.1) is 0 Å². The highest BCUT2D eigenvalue weighted by molar-refractivity contribution is 6.44. The van der Waals surface area contributed by atoms with Crippen LogP contribution in [-0.4, -0.2) is 18.4 Å². The van der Waals surface area contributed by atoms with Gasteiger partial charge in [0.1, 0.15) is 0 Å². The van der Waals surface area contributed by atoms with Crippen LogP contribution in [0.3, 0.4) is 0 Å². The Morgan fingerprint density at radius 2 is 1.73 bits per heavy atom. The van der Waals surface area contributed by atoms with Crippen molar-refractivity contribution in [3.8, 4) is 0 Å². The van der Waals surface area contributed by atoms with E-state index in [4.69, 9.17) is 23.2 Å². The van der Waals surface area contributed by atoms with Gasteiger partial charge < -0.3 is 10.2 Å². The van der Waals surface area contributed by atoms with Gasteiger partial charge >= 0.3 is 0 Å². The Morgan fingerprint density at radius 3 is 2.31 bits per heavy atom. The Morgan fingerprint density at radius 1 is 1.08 bits per heavy atom. The van der Waals surface area contributed by atoms with E-state index in [0.29, 0.717) is 21.7 Å². The Bertz CT molecular complexity index is 789. The van der Waals surface area contributed by atoms with Crippen molar-refractivity contribution in [3.63, 3.8) is 0 Å². The molecular formula is C20H22Cl2N2O2. The van der Waals surface area contributed by atoms with Crippen LogP contribution in [-0.2, 0) is 9.59 Å². The molecule has 0 aliphatic heterocycles. The average Bonchev–Trinajstić information content (AvgIpc) is 2.58. The maximum atomic E-state index is 12.2. The molecular weight excluding hydrogens is 371 g/mol. The quantitative estimate of drug-likeness (QED) is 0.705. The van der Waals surface area contributed by atoms with E-state index in [-0.39, 0.29) is 24.8 Å². The second-order valence-corrected chi connectivity index (χ2v) is 7.10. The third-order valence-corrected chi connectivity index (χ3v) is 4.83. The number of hydrogen-bond donors (Lipinski definition) is 1. The predicted octanol–water partition coefficient (Wildman–Crippen LogP) is 5.50. The molecule has 0 bridgehead atoms. The first-order valence-corrected chi connectivity index (χ1v) is 9.17. The fourth-order valence-electron chi connectivity index (χ4n) is 2.54. The molecule has 0 spiro atoms. The number of hydrogen-bond acceptors (Lipinski definition) is 2. The van der Waals surface area contributed by atoms with Crippen LogP contribution in [0.2, 0.25) is 10.0 Å². The maximum absolute atomic E-state index is 12.2. The average molecular weight is 393 g/mol. The summed E-state index contributed by atoms with van der Waals surface area (Å²) in [5, 5.41) is 3.51. The van der Waals surface area contributed by atoms with Gasteiger partial charge in [-0.1, -0.05) is 55.2 Å². The lowest BCUT2D eigenvalue weighted by molar-refractivity contribution is -0.117. The van der Waals surface area contributed by atoms with Gasteiger partial charge in [0.25, 0.3) is 0 Å². The number of nitrogens with one attached hydrogen (secondary N) is 1. The molecule has 0 aliphatic carbocycles. The maximum Gasteiger partial charge on any atom is 0.226 e. The standard InChI is InChI=1S/C20H22Cl2N2O2/c1-13(2)15-7-9-16(10-8-15)23-19(26)11-12-24(14(3)25)18-6-4-5-17(21)20(18)22/h4-10,13H,11-12H2,1-3H3,(H,23,26). The van der Waals surface area contributed by atoms with Crippen LogP contribution in [0.5, 0.6) is 0 Å². The van der Waals surface area contributed by atoms with Crippen molar-refractivity contribution in [2.45, 2.75) is 33.1 Å². The van der Waals surface area contributed by atoms with Gasteiger partial charge in [0, 0.05) is 25.6 Å². The topological polar surface area (TPSA) is 49.4 Å². The summed E-state index contributed by atoms with van der Waals surface area (Å²) >= 11 is 12.2. The van der Waals surface area contributed by atoms with Crippen LogP contribution >= 0.6 is 23.2 Å². The third kappa shape index (κ3) is 5.23. The third-order valence-electron chi connectivity index (χ3n) is 4.03. The van der Waals surface area contributed by atoms with E-state index in [1.165, 1.54) is 17.4 Å². The molecule has 0 heterocycles. The Balaban J connectivity index is 2.01. The van der Waals surface area contributed by atoms with E-state index in [9.17, 15) is 9.59 Å². The normalized spacial score (nSPS) is 10.7. The molecule has 26 heavy (non-hydrogen) atoms. The van der Waals surface area contributed by atoms with Crippen molar-refractivity contribution >= 4 is 46.4 Å². The summed E-state index contributed by atoms with van der Waals surface area (Å²) in [6.07, 6.45) is 0.147. The fourth-order valence-corrected chi connectivity index (χ4v) is 2.93. The van der Waals surface area contributed by atoms with E-state index in [1.807, 2.05) is 24.3 Å². The van der Waals surface area contributed by atoms with Crippen molar-refractivity contribution in [1.29, 1.82) is 0 Å². The van der Waals surface area contributed by atoms with E-state index in [1.54, 1.807) is 18.2 Å². The molecule has 0 radical (unpaired) electrons. The van der Waals surface area contributed by atoms with Gasteiger partial charge in [0.2, 0.25) is 11.8 Å². The highest BCUT2D eigenvalue weighted by Crippen LogP contribution is 2.32. The molecule has 0 unspecified atom stereocenters. The summed E-state index contributed by atoms with van der Waals surface area (Å²) in [6, 6.07) is 12.8. The van der Waals surface area contributed by atoms with Gasteiger partial charge in [-0.2, -0.15) is 0 Å². The summed E-state index contributed by atoms with van der Waals surface area (Å²) < 4.78 is 0. The zero-order valence-electron chi connectivity index (χ0n) is 15.1. The molecule has 2 aromatic rings. The Hall–Kier alpha value is -2.04. The monoisotopic (exact) mass is 392 g/mol. The number of nitrogens with zero attached hydrogens (tertiary/aromatic N) is 1. The van der Waals surface area contributed by atoms with E-state index in [2.05, 4.69) is 19.2 Å². The first-order valence-electron chi connectivity index (χ1n) is 8.41. The molecule has 0 saturated heterocycles. The highest BCUT2D eigenvalue weighted by atomic mass is 35.5. The molecule has 0 aliphatic rings. The zero-order chi connectivity index (χ0) is 19.3. The van der Waals surface area contributed by atoms with Crippen molar-refractivity contribution < 1.29 is 9.59 Å². The minimum absolute atomic E-state index is 0.147. The first-order chi connectivity index (χ1) is 12.3. The summed E-state index contributed by atoms with van der Waals surface area (Å²) in [6.45, 7) is 5.88. The molecule has 2 amide bonds. The smallest absolute Gasteiger partial charge is 0.226 e. The molecule has 6 heteroatoms. The van der Waals surface area contributed by atoms with Gasteiger partial charge in [-0.3, -0.25) is 9.59 Å². The van der Waals surface area contributed by atoms with Gasteiger partial charge in [0.15, 0.2) is 0 Å². The summed E-state index contributed by atoms with van der Waals surface area (Å²) in [7, 11) is 0. The number of carbonyl (C=O) groups excluding carboxylic acids is 2. The Labute approximate surface area is 164 Å². The molecule has 0 saturated carbocycles. The summed E-state index contributed by atoms with van der Waals surface area (Å²) in [4.78, 5) is 25.7. The molecule has 2 aromatic carbocycles. The van der Waals surface area contributed by atoms with Crippen LogP contribution in [0.15, 0.2) is 42.5 Å². The van der Waals surface area contributed by atoms with Crippen molar-refractivity contribution in [2.24, 2.45) is 0 Å². The first kappa shape index (κ1) is 20.3. The molecule has 1 N–H and O–H groups in total. The van der Waals surface area contributed by atoms with Gasteiger partial charge in [-0.05, 0) is 35.7 Å². The molecule has 138 valence electrons. The molecule has 0 atom stereocenters. The number of benzene rings is 2. The number of anilines is 2. The van der Waals surface area contributed by atoms with Crippen molar-refractivity contribution in [1.82, 2.24) is 0 Å². The van der Waals surface area contributed by atoms with Crippen molar-refractivity contribution in [2.75, 3.05) is 16.8 Å². The molecule has 4 nitrogen and oxygen atoms in total. The largest absolute Gasteiger partial charge is 0.326 e. The van der Waals surface area contributed by atoms with Crippen LogP contribution in [0.4, 0.5) is 11.4 Å². The SMILES string of the molecule is CC(=O)N(CCC(=O)Nc1ccc(C(C)C)cc1)c1cccc(Cl)c1Cl. The van der Waals surface area contributed by atoms with Crippen molar-refractivity contribution in [3.05, 3.63) is 58.1 Å². The predicted molar refractivity (Wildman–Crippen MR) is 108 cm³/mol. The lowest BCUT2D eigenvalue weighted by atomic mass is 10.0. The van der Waals surface area contributed by atoms with Gasteiger partial charge in [0.05, 0.1) is 15.7 Å². The second kappa shape index (κ2) is 9.06. The number of halogens is 2. The lowest BCUT2D eigenvalue weighted by Gasteiger charge is -2.22. The second-order valence-electron chi connectivity index (χ2n) is 6.32. The number of rotatable bonds is 6. The van der Waals surface area contributed by atoms with Crippen LogP contribution < -0.4 is 10.2 Å². The Kier molecular flexibility index (Phi) is 7.06. The molecule has 2 rings (SSSR count). The van der Waals surface area contributed by atoms with E-state index >= 15 is 0 Å². The molecule has 0 fully saturated rings. The fraction of sp³-hybridized carbons (Fsp3) is 0.300. The van der Waals surface area contributed by atoms with Crippen LogP contribution in [0.25, 0.3) is 0 Å². The lowest BCUT2D eigenvalue weighted by Crippen LogP contribution is -2.32. The summed E-state index contributed by atoms with van der Waals surface area (Å²) in [5.41, 5.74) is 2.44. The van der Waals surface area contributed by atoms with E-state index < -0.39 is 0 Å². The van der Waals surface area contributed by atoms with Gasteiger partial charge in [-0.25, -0.2) is 0 Å².